The number of carbonyl (C=O) groups excluding carboxylic acids is 2. The fourth-order valence-electron chi connectivity index (χ4n) is 5.35. The fraction of sp³-hybridized carbons (Fsp3) is 0.706. The summed E-state index contributed by atoms with van der Waals surface area (Å²) in [6.45, 7) is 1.77. The molecule has 1 N–H and O–H groups in total. The van der Waals surface area contributed by atoms with Gasteiger partial charge in [0, 0.05) is 0 Å². The van der Waals surface area contributed by atoms with E-state index in [4.69, 9.17) is 4.74 Å². The first-order valence-electron chi connectivity index (χ1n) is 8.36. The molecule has 1 amide bonds. The average Bonchev–Trinajstić information content (AvgIpc) is 2.85. The molecule has 0 aromatic carbocycles. The normalized spacial score (nSPS) is 34.4. The lowest BCUT2D eigenvalue weighted by Gasteiger charge is -2.55. The fourth-order valence-corrected chi connectivity index (χ4v) is 6.23. The number of thiazole rings is 1. The Morgan fingerprint density at radius 2 is 1.74 bits per heavy atom. The number of esters is 1. The van der Waals surface area contributed by atoms with Crippen molar-refractivity contribution in [1.82, 2.24) is 4.98 Å². The van der Waals surface area contributed by atoms with Gasteiger partial charge in [0.2, 0.25) is 5.91 Å². The largest absolute Gasteiger partial charge is 0.465 e. The number of nitrogens with one attached hydrogen (secondary N) is 1. The summed E-state index contributed by atoms with van der Waals surface area (Å²) in [6.07, 6.45) is 7.03. The molecule has 1 aromatic rings. The van der Waals surface area contributed by atoms with Crippen LogP contribution in [-0.4, -0.2) is 24.0 Å². The third-order valence-corrected chi connectivity index (χ3v) is 6.96. The van der Waals surface area contributed by atoms with E-state index in [0.717, 1.165) is 37.0 Å². The highest BCUT2D eigenvalue weighted by Crippen LogP contribution is 2.60. The molecular formula is C17H22N2O3S. The van der Waals surface area contributed by atoms with Gasteiger partial charge in [0.15, 0.2) is 5.13 Å². The van der Waals surface area contributed by atoms with Gasteiger partial charge in [-0.15, -0.1) is 0 Å². The zero-order chi connectivity index (χ0) is 16.2. The van der Waals surface area contributed by atoms with Crippen molar-refractivity contribution in [1.29, 1.82) is 0 Å². The van der Waals surface area contributed by atoms with Crippen LogP contribution in [0.3, 0.4) is 0 Å². The summed E-state index contributed by atoms with van der Waals surface area (Å²) in [4.78, 5) is 29.5. The zero-order valence-corrected chi connectivity index (χ0v) is 14.4. The molecule has 6 heteroatoms. The maximum Gasteiger partial charge on any atom is 0.350 e. The highest BCUT2D eigenvalue weighted by molar-refractivity contribution is 7.17. The van der Waals surface area contributed by atoms with Crippen LogP contribution in [0, 0.1) is 30.1 Å². The number of hydrogen-bond acceptors (Lipinski definition) is 5. The van der Waals surface area contributed by atoms with E-state index in [-0.39, 0.29) is 11.3 Å². The highest BCUT2D eigenvalue weighted by atomic mass is 32.1. The molecule has 4 aliphatic carbocycles. The molecule has 4 bridgehead atoms. The molecule has 23 heavy (non-hydrogen) atoms. The Morgan fingerprint density at radius 3 is 2.26 bits per heavy atom. The molecule has 0 saturated heterocycles. The van der Waals surface area contributed by atoms with Gasteiger partial charge in [-0.25, -0.2) is 9.78 Å². The summed E-state index contributed by atoms with van der Waals surface area (Å²) < 4.78 is 4.75. The molecule has 5 rings (SSSR count). The number of anilines is 1. The van der Waals surface area contributed by atoms with E-state index in [1.165, 1.54) is 37.7 Å². The Hall–Kier alpha value is -1.43. The lowest BCUT2D eigenvalue weighted by molar-refractivity contribution is -0.140. The molecule has 0 atom stereocenters. The standard InChI is InChI=1S/C17H22N2O3S/c1-9-13(14(20)22-2)23-16(18-9)19-15(21)17-6-10-3-11(7-17)5-12(4-10)8-17/h10-12H,3-8H2,1-2H3,(H,18,19,21). The lowest BCUT2D eigenvalue weighted by Crippen LogP contribution is -2.51. The van der Waals surface area contributed by atoms with Gasteiger partial charge in [0.1, 0.15) is 4.88 Å². The molecule has 0 unspecified atom stereocenters. The van der Waals surface area contributed by atoms with Crippen molar-refractivity contribution in [2.24, 2.45) is 23.2 Å². The second-order valence-electron chi connectivity index (χ2n) is 7.58. The number of amides is 1. The summed E-state index contributed by atoms with van der Waals surface area (Å²) in [6, 6.07) is 0. The number of carbonyl (C=O) groups is 2. The van der Waals surface area contributed by atoms with Crippen molar-refractivity contribution >= 4 is 28.3 Å². The first kappa shape index (κ1) is 15.1. The second-order valence-corrected chi connectivity index (χ2v) is 8.58. The number of methoxy groups -OCH3 is 1. The van der Waals surface area contributed by atoms with E-state index >= 15 is 0 Å². The molecular weight excluding hydrogens is 312 g/mol. The highest BCUT2D eigenvalue weighted by Gasteiger charge is 2.54. The average molecular weight is 334 g/mol. The number of nitrogens with zero attached hydrogens (tertiary/aromatic N) is 1. The summed E-state index contributed by atoms with van der Waals surface area (Å²) in [5.74, 6) is 1.92. The van der Waals surface area contributed by atoms with E-state index < -0.39 is 5.97 Å². The first-order chi connectivity index (χ1) is 11.0. The molecule has 5 nitrogen and oxygen atoms in total. The quantitative estimate of drug-likeness (QED) is 0.860. The molecule has 4 saturated carbocycles. The molecule has 0 spiro atoms. The molecule has 1 aromatic heterocycles. The maximum atomic E-state index is 13.0. The Balaban J connectivity index is 1.53. The Bertz CT molecular complexity index is 632. The van der Waals surface area contributed by atoms with Crippen molar-refractivity contribution in [3.63, 3.8) is 0 Å². The summed E-state index contributed by atoms with van der Waals surface area (Å²) in [5, 5.41) is 3.52. The summed E-state index contributed by atoms with van der Waals surface area (Å²) in [5.41, 5.74) is 0.419. The van der Waals surface area contributed by atoms with Crippen LogP contribution < -0.4 is 5.32 Å². The number of aromatic nitrogens is 1. The third-order valence-electron chi connectivity index (χ3n) is 5.91. The van der Waals surface area contributed by atoms with E-state index in [9.17, 15) is 9.59 Å². The Kier molecular flexibility index (Phi) is 3.48. The van der Waals surface area contributed by atoms with Crippen molar-refractivity contribution in [3.8, 4) is 0 Å². The zero-order valence-electron chi connectivity index (χ0n) is 13.6. The monoisotopic (exact) mass is 334 g/mol. The summed E-state index contributed by atoms with van der Waals surface area (Å²) >= 11 is 1.21. The van der Waals surface area contributed by atoms with Gasteiger partial charge in [-0.1, -0.05) is 11.3 Å². The van der Waals surface area contributed by atoms with Crippen LogP contribution in [0.5, 0.6) is 0 Å². The van der Waals surface area contributed by atoms with Gasteiger partial charge in [0.25, 0.3) is 0 Å². The van der Waals surface area contributed by atoms with Gasteiger partial charge in [-0.2, -0.15) is 0 Å². The molecule has 0 radical (unpaired) electrons. The third kappa shape index (κ3) is 2.47. The van der Waals surface area contributed by atoms with E-state index in [2.05, 4.69) is 10.3 Å². The van der Waals surface area contributed by atoms with Crippen LogP contribution in [0.1, 0.15) is 53.9 Å². The van der Waals surface area contributed by atoms with Crippen molar-refractivity contribution < 1.29 is 14.3 Å². The van der Waals surface area contributed by atoms with Crippen LogP contribution in [0.4, 0.5) is 5.13 Å². The van der Waals surface area contributed by atoms with E-state index in [1.54, 1.807) is 6.92 Å². The van der Waals surface area contributed by atoms with Gasteiger partial charge < -0.3 is 10.1 Å². The SMILES string of the molecule is COC(=O)c1sc(NC(=O)C23CC4CC(CC(C4)C2)C3)nc1C. The van der Waals surface area contributed by atoms with Crippen LogP contribution in [0.25, 0.3) is 0 Å². The van der Waals surface area contributed by atoms with Crippen LogP contribution in [0.15, 0.2) is 0 Å². The number of hydrogen-bond donors (Lipinski definition) is 1. The van der Waals surface area contributed by atoms with E-state index in [0.29, 0.717) is 15.7 Å². The van der Waals surface area contributed by atoms with Crippen molar-refractivity contribution in [2.45, 2.75) is 45.4 Å². The van der Waals surface area contributed by atoms with Crippen molar-refractivity contribution in [2.75, 3.05) is 12.4 Å². The Morgan fingerprint density at radius 1 is 1.17 bits per heavy atom. The molecule has 4 aliphatic rings. The predicted molar refractivity (Wildman–Crippen MR) is 87.4 cm³/mol. The first-order valence-corrected chi connectivity index (χ1v) is 9.18. The number of rotatable bonds is 3. The number of ether oxygens (including phenoxy) is 1. The van der Waals surface area contributed by atoms with Gasteiger partial charge >= 0.3 is 5.97 Å². The summed E-state index contributed by atoms with van der Waals surface area (Å²) in [7, 11) is 1.36. The van der Waals surface area contributed by atoms with Crippen LogP contribution in [0.2, 0.25) is 0 Å². The maximum absolute atomic E-state index is 13.0. The minimum Gasteiger partial charge on any atom is -0.465 e. The second kappa shape index (κ2) is 5.30. The van der Waals surface area contributed by atoms with Gasteiger partial charge in [0.05, 0.1) is 18.2 Å². The minimum atomic E-state index is -0.393. The van der Waals surface area contributed by atoms with Gasteiger partial charge in [-0.05, 0) is 63.2 Å². The van der Waals surface area contributed by atoms with Gasteiger partial charge in [-0.3, -0.25) is 4.79 Å². The molecule has 1 heterocycles. The van der Waals surface area contributed by atoms with Crippen LogP contribution in [-0.2, 0) is 9.53 Å². The minimum absolute atomic E-state index is 0.113. The van der Waals surface area contributed by atoms with E-state index in [1.807, 2.05) is 0 Å². The lowest BCUT2D eigenvalue weighted by atomic mass is 9.49. The molecule has 4 fully saturated rings. The molecule has 0 aliphatic heterocycles. The topological polar surface area (TPSA) is 68.3 Å². The van der Waals surface area contributed by atoms with Crippen LogP contribution >= 0.6 is 11.3 Å². The number of aryl methyl sites for hydroxylation is 1. The Labute approximate surface area is 139 Å². The van der Waals surface area contributed by atoms with Crippen molar-refractivity contribution in [3.05, 3.63) is 10.6 Å². The predicted octanol–water partition coefficient (Wildman–Crippen LogP) is 3.39. The molecule has 124 valence electrons. The smallest absolute Gasteiger partial charge is 0.350 e.